The molecular formula is C18H17ClN4O2S. The first kappa shape index (κ1) is 18.3. The molecule has 26 heavy (non-hydrogen) atoms. The van der Waals surface area contributed by atoms with Crippen molar-refractivity contribution in [2.75, 3.05) is 10.7 Å². The Morgan fingerprint density at radius 2 is 2.00 bits per heavy atom. The van der Waals surface area contributed by atoms with Crippen LogP contribution in [0.25, 0.3) is 0 Å². The summed E-state index contributed by atoms with van der Waals surface area (Å²) in [5, 5.41) is 10.1. The minimum absolute atomic E-state index is 0.0480. The van der Waals surface area contributed by atoms with Crippen molar-refractivity contribution in [3.63, 3.8) is 0 Å². The van der Waals surface area contributed by atoms with Crippen molar-refractivity contribution in [1.82, 2.24) is 5.32 Å². The fourth-order valence-corrected chi connectivity index (χ4v) is 3.38. The zero-order valence-corrected chi connectivity index (χ0v) is 15.5. The normalized spacial score (nSPS) is 17.8. The van der Waals surface area contributed by atoms with E-state index in [0.29, 0.717) is 15.9 Å². The van der Waals surface area contributed by atoms with Crippen molar-refractivity contribution < 1.29 is 9.59 Å². The van der Waals surface area contributed by atoms with E-state index in [0.717, 1.165) is 11.3 Å². The molecule has 0 aromatic heterocycles. The van der Waals surface area contributed by atoms with Crippen molar-refractivity contribution in [2.45, 2.75) is 18.6 Å². The second-order valence-electron chi connectivity index (χ2n) is 5.71. The van der Waals surface area contributed by atoms with Crippen molar-refractivity contribution >= 4 is 51.7 Å². The quantitative estimate of drug-likeness (QED) is 0.683. The molecule has 0 bridgehead atoms. The van der Waals surface area contributed by atoms with Gasteiger partial charge in [-0.05, 0) is 36.8 Å². The number of nitrogens with zero attached hydrogens (tertiary/aromatic N) is 1. The Hall–Kier alpha value is -2.51. The van der Waals surface area contributed by atoms with Crippen molar-refractivity contribution in [1.29, 1.82) is 0 Å². The average molecular weight is 389 g/mol. The number of amides is 2. The Kier molecular flexibility index (Phi) is 5.80. The number of carbonyl (C=O) groups excluding carboxylic acids is 2. The summed E-state index contributed by atoms with van der Waals surface area (Å²) in [7, 11) is 0. The Morgan fingerprint density at radius 3 is 2.73 bits per heavy atom. The van der Waals surface area contributed by atoms with Gasteiger partial charge in [-0.15, -0.1) is 5.10 Å². The Morgan fingerprint density at radius 1 is 1.23 bits per heavy atom. The summed E-state index contributed by atoms with van der Waals surface area (Å²) in [5.41, 5.74) is 5.22. The number of hydrogen-bond donors (Lipinski definition) is 3. The molecular weight excluding hydrogens is 372 g/mol. The van der Waals surface area contributed by atoms with Crippen LogP contribution in [-0.2, 0) is 9.59 Å². The molecule has 1 saturated heterocycles. The van der Waals surface area contributed by atoms with E-state index in [4.69, 9.17) is 11.6 Å². The number of rotatable bonds is 5. The minimum Gasteiger partial charge on any atom is -0.326 e. The monoisotopic (exact) mass is 388 g/mol. The molecule has 134 valence electrons. The van der Waals surface area contributed by atoms with Crippen LogP contribution in [0.2, 0.25) is 5.02 Å². The van der Waals surface area contributed by atoms with Crippen LogP contribution in [0.4, 0.5) is 11.4 Å². The van der Waals surface area contributed by atoms with Crippen LogP contribution in [0.5, 0.6) is 0 Å². The first-order chi connectivity index (χ1) is 12.5. The fraction of sp³-hybridized carbons (Fsp3) is 0.167. The lowest BCUT2D eigenvalue weighted by atomic mass is 10.2. The molecule has 2 aromatic carbocycles. The molecule has 1 aliphatic heterocycles. The zero-order valence-electron chi connectivity index (χ0n) is 14.0. The van der Waals surface area contributed by atoms with Crippen LogP contribution in [-0.4, -0.2) is 22.2 Å². The lowest BCUT2D eigenvalue weighted by molar-refractivity contribution is -0.122. The van der Waals surface area contributed by atoms with E-state index in [2.05, 4.69) is 21.2 Å². The molecule has 0 unspecified atom stereocenters. The van der Waals surface area contributed by atoms with Crippen LogP contribution in [0.15, 0.2) is 53.6 Å². The Labute approximate surface area is 160 Å². The van der Waals surface area contributed by atoms with E-state index in [-0.39, 0.29) is 18.2 Å². The number of hydrogen-bond acceptors (Lipinski definition) is 5. The molecule has 3 N–H and O–H groups in total. The van der Waals surface area contributed by atoms with Gasteiger partial charge in [-0.3, -0.25) is 15.0 Å². The number of anilines is 2. The van der Waals surface area contributed by atoms with Crippen LogP contribution in [0.1, 0.15) is 12.0 Å². The van der Waals surface area contributed by atoms with Gasteiger partial charge in [0.25, 0.3) is 0 Å². The highest BCUT2D eigenvalue weighted by molar-refractivity contribution is 8.15. The number of para-hydroxylation sites is 1. The molecule has 1 fully saturated rings. The molecule has 3 rings (SSSR count). The van der Waals surface area contributed by atoms with Gasteiger partial charge in [0, 0.05) is 17.1 Å². The summed E-state index contributed by atoms with van der Waals surface area (Å²) in [5.74, 6) is -0.490. The van der Waals surface area contributed by atoms with E-state index >= 15 is 0 Å². The highest BCUT2D eigenvalue weighted by Crippen LogP contribution is 2.24. The van der Waals surface area contributed by atoms with Crippen molar-refractivity contribution in [3.05, 3.63) is 59.1 Å². The van der Waals surface area contributed by atoms with Crippen molar-refractivity contribution in [3.8, 4) is 0 Å². The van der Waals surface area contributed by atoms with Crippen LogP contribution in [0, 0.1) is 6.92 Å². The smallest absolute Gasteiger partial charge is 0.240 e. The summed E-state index contributed by atoms with van der Waals surface area (Å²) in [4.78, 5) is 24.2. The first-order valence-electron chi connectivity index (χ1n) is 7.93. The number of carbonyl (C=O) groups is 2. The largest absolute Gasteiger partial charge is 0.326 e. The molecule has 2 aromatic rings. The van der Waals surface area contributed by atoms with E-state index in [1.807, 2.05) is 43.3 Å². The van der Waals surface area contributed by atoms with Crippen LogP contribution >= 0.6 is 23.4 Å². The van der Waals surface area contributed by atoms with Crippen LogP contribution < -0.4 is 16.1 Å². The number of thioether (sulfide) groups is 1. The standard InChI is InChI=1S/C18H17ClN4O2S/c1-11-7-8-13(9-14(11)19)20-16(24)10-15-17(25)21-18(26-15)23-22-12-5-3-2-4-6-12/h2-9,15,22H,10H2,1H3,(H,20,24)(H,21,23,25)/t15-/m1/s1. The third kappa shape index (κ3) is 4.77. The van der Waals surface area contributed by atoms with Gasteiger partial charge in [0.1, 0.15) is 5.25 Å². The number of nitrogens with one attached hydrogen (secondary N) is 3. The SMILES string of the molecule is Cc1ccc(NC(=O)C[C@H]2S/C(=N/Nc3ccccc3)NC2=O)cc1Cl. The first-order valence-corrected chi connectivity index (χ1v) is 9.19. The fourth-order valence-electron chi connectivity index (χ4n) is 2.27. The summed E-state index contributed by atoms with van der Waals surface area (Å²) in [6.07, 6.45) is 0.0480. The molecule has 2 amide bonds. The van der Waals surface area contributed by atoms with Gasteiger partial charge in [0.2, 0.25) is 11.8 Å². The second kappa shape index (κ2) is 8.25. The maximum absolute atomic E-state index is 12.2. The molecule has 0 aliphatic carbocycles. The van der Waals surface area contributed by atoms with Gasteiger partial charge in [0.05, 0.1) is 5.69 Å². The molecule has 8 heteroatoms. The summed E-state index contributed by atoms with van der Waals surface area (Å²) < 4.78 is 0. The molecule has 0 spiro atoms. The molecule has 0 radical (unpaired) electrons. The maximum atomic E-state index is 12.2. The second-order valence-corrected chi connectivity index (χ2v) is 7.31. The van der Waals surface area contributed by atoms with E-state index in [9.17, 15) is 9.59 Å². The predicted octanol–water partition coefficient (Wildman–Crippen LogP) is 3.59. The topological polar surface area (TPSA) is 82.6 Å². The minimum atomic E-state index is -0.521. The third-order valence-electron chi connectivity index (χ3n) is 3.66. The van der Waals surface area contributed by atoms with E-state index < -0.39 is 5.25 Å². The van der Waals surface area contributed by atoms with Gasteiger partial charge < -0.3 is 10.6 Å². The molecule has 1 heterocycles. The van der Waals surface area contributed by atoms with E-state index in [1.165, 1.54) is 11.8 Å². The van der Waals surface area contributed by atoms with Crippen molar-refractivity contribution in [2.24, 2.45) is 5.10 Å². The number of hydrazone groups is 1. The molecule has 1 aliphatic rings. The number of halogens is 1. The Bertz CT molecular complexity index is 858. The lowest BCUT2D eigenvalue weighted by Crippen LogP contribution is -2.28. The van der Waals surface area contributed by atoms with Gasteiger partial charge in [-0.25, -0.2) is 0 Å². The summed E-state index contributed by atoms with van der Waals surface area (Å²) in [6.45, 7) is 1.89. The predicted molar refractivity (Wildman–Crippen MR) is 106 cm³/mol. The summed E-state index contributed by atoms with van der Waals surface area (Å²) >= 11 is 7.28. The molecule has 1 atom stereocenters. The molecule has 6 nitrogen and oxygen atoms in total. The van der Waals surface area contributed by atoms with Gasteiger partial charge in [0.15, 0.2) is 5.17 Å². The summed E-state index contributed by atoms with van der Waals surface area (Å²) in [6, 6.07) is 14.7. The number of amidine groups is 1. The maximum Gasteiger partial charge on any atom is 0.240 e. The average Bonchev–Trinajstić information content (AvgIpc) is 2.97. The third-order valence-corrected chi connectivity index (χ3v) is 5.15. The number of aryl methyl sites for hydroxylation is 1. The highest BCUT2D eigenvalue weighted by Gasteiger charge is 2.32. The highest BCUT2D eigenvalue weighted by atomic mass is 35.5. The number of benzene rings is 2. The zero-order chi connectivity index (χ0) is 18.5. The van der Waals surface area contributed by atoms with Gasteiger partial charge in [-0.1, -0.05) is 47.6 Å². The van der Waals surface area contributed by atoms with E-state index in [1.54, 1.807) is 12.1 Å². The van der Waals surface area contributed by atoms with Gasteiger partial charge >= 0.3 is 0 Å². The van der Waals surface area contributed by atoms with Gasteiger partial charge in [-0.2, -0.15) is 0 Å². The molecule has 0 saturated carbocycles. The van der Waals surface area contributed by atoms with Crippen LogP contribution in [0.3, 0.4) is 0 Å². The lowest BCUT2D eigenvalue weighted by Gasteiger charge is -2.08. The Balaban J connectivity index is 1.55.